The van der Waals surface area contributed by atoms with Gasteiger partial charge >= 0.3 is 0 Å². The van der Waals surface area contributed by atoms with Gasteiger partial charge in [0.25, 0.3) is 0 Å². The molecule has 5 heteroatoms. The van der Waals surface area contributed by atoms with Crippen molar-refractivity contribution >= 4 is 11.4 Å². The van der Waals surface area contributed by atoms with Gasteiger partial charge in [0, 0.05) is 70.3 Å². The van der Waals surface area contributed by atoms with Crippen LogP contribution in [0.25, 0.3) is 0 Å². The van der Waals surface area contributed by atoms with Gasteiger partial charge in [0.1, 0.15) is 0 Å². The number of para-hydroxylation sites is 1. The highest BCUT2D eigenvalue weighted by molar-refractivity contribution is 5.54. The highest BCUT2D eigenvalue weighted by Crippen LogP contribution is 2.23. The Morgan fingerprint density at radius 2 is 1.52 bits per heavy atom. The topological polar surface area (TPSA) is 45.5 Å². The molecule has 2 heterocycles. The summed E-state index contributed by atoms with van der Waals surface area (Å²) in [5.41, 5.74) is 4.50. The second-order valence-electron chi connectivity index (χ2n) is 7.29. The zero-order valence-electron chi connectivity index (χ0n) is 15.8. The summed E-state index contributed by atoms with van der Waals surface area (Å²) in [7, 11) is 0. The van der Waals surface area contributed by atoms with Crippen molar-refractivity contribution in [3.8, 4) is 6.07 Å². The molecule has 27 heavy (non-hydrogen) atoms. The van der Waals surface area contributed by atoms with Crippen LogP contribution < -0.4 is 15.1 Å². The van der Waals surface area contributed by atoms with Crippen LogP contribution in [0.5, 0.6) is 0 Å². The molecule has 2 aromatic rings. The summed E-state index contributed by atoms with van der Waals surface area (Å²) < 4.78 is 0. The summed E-state index contributed by atoms with van der Waals surface area (Å²) >= 11 is 0. The Balaban J connectivity index is 1.42. The van der Waals surface area contributed by atoms with Crippen LogP contribution in [0.1, 0.15) is 11.1 Å². The fraction of sp³-hybridized carbons (Fsp3) is 0.409. The number of benzene rings is 2. The fourth-order valence-electron chi connectivity index (χ4n) is 3.98. The second kappa shape index (κ2) is 8.43. The van der Waals surface area contributed by atoms with Crippen LogP contribution in [0.4, 0.5) is 11.4 Å². The molecule has 0 amide bonds. The van der Waals surface area contributed by atoms with Crippen molar-refractivity contribution in [2.75, 3.05) is 62.2 Å². The van der Waals surface area contributed by atoms with E-state index in [4.69, 9.17) is 0 Å². The zero-order chi connectivity index (χ0) is 18.5. The van der Waals surface area contributed by atoms with Crippen LogP contribution in [-0.2, 0) is 6.54 Å². The zero-order valence-corrected chi connectivity index (χ0v) is 15.8. The van der Waals surface area contributed by atoms with Crippen LogP contribution in [0.3, 0.4) is 0 Å². The smallest absolute Gasteiger partial charge is 0.0995 e. The molecule has 5 nitrogen and oxygen atoms in total. The molecule has 2 aliphatic rings. The maximum Gasteiger partial charge on any atom is 0.0995 e. The number of hydrogen-bond acceptors (Lipinski definition) is 5. The predicted molar refractivity (Wildman–Crippen MR) is 110 cm³/mol. The minimum absolute atomic E-state index is 0.805. The second-order valence-corrected chi connectivity index (χ2v) is 7.29. The Morgan fingerprint density at radius 1 is 0.815 bits per heavy atom. The van der Waals surface area contributed by atoms with E-state index in [1.54, 1.807) is 0 Å². The van der Waals surface area contributed by atoms with Crippen molar-refractivity contribution in [3.63, 3.8) is 0 Å². The molecule has 0 bridgehead atoms. The number of nitriles is 1. The van der Waals surface area contributed by atoms with Crippen molar-refractivity contribution in [2.45, 2.75) is 6.54 Å². The lowest BCUT2D eigenvalue weighted by atomic mass is 10.1. The van der Waals surface area contributed by atoms with Gasteiger partial charge in [-0.1, -0.05) is 18.2 Å². The lowest BCUT2D eigenvalue weighted by Crippen LogP contribution is -2.46. The van der Waals surface area contributed by atoms with E-state index in [0.29, 0.717) is 0 Å². The normalized spacial score (nSPS) is 18.3. The van der Waals surface area contributed by atoms with Gasteiger partial charge in [0.05, 0.1) is 11.6 Å². The molecule has 2 saturated heterocycles. The molecule has 140 valence electrons. The Hall–Kier alpha value is -2.55. The monoisotopic (exact) mass is 361 g/mol. The van der Waals surface area contributed by atoms with Gasteiger partial charge in [0.15, 0.2) is 0 Å². The standard InChI is InChI=1S/C22H27N5/c23-17-19-6-7-22(26-10-8-24-9-11-26)16-20(19)18-25-12-14-27(15-13-25)21-4-2-1-3-5-21/h1-7,16,24H,8-15,18H2. The first kappa shape index (κ1) is 17.8. The number of hydrogen-bond donors (Lipinski definition) is 1. The number of anilines is 2. The highest BCUT2D eigenvalue weighted by Gasteiger charge is 2.19. The van der Waals surface area contributed by atoms with Gasteiger partial charge < -0.3 is 15.1 Å². The van der Waals surface area contributed by atoms with Gasteiger partial charge in [-0.25, -0.2) is 0 Å². The third-order valence-electron chi connectivity index (χ3n) is 5.58. The molecule has 2 aromatic carbocycles. The first-order valence-corrected chi connectivity index (χ1v) is 9.84. The van der Waals surface area contributed by atoms with Gasteiger partial charge in [-0.15, -0.1) is 0 Å². The number of piperazine rings is 2. The first-order chi connectivity index (χ1) is 13.3. The Kier molecular flexibility index (Phi) is 5.57. The SMILES string of the molecule is N#Cc1ccc(N2CCNCC2)cc1CN1CCN(c2ccccc2)CC1. The van der Waals surface area contributed by atoms with Gasteiger partial charge in [-0.3, -0.25) is 4.90 Å². The van der Waals surface area contributed by atoms with Gasteiger partial charge in [0.2, 0.25) is 0 Å². The van der Waals surface area contributed by atoms with E-state index in [1.165, 1.54) is 11.4 Å². The van der Waals surface area contributed by atoms with Crippen molar-refractivity contribution in [1.82, 2.24) is 10.2 Å². The molecule has 0 spiro atoms. The van der Waals surface area contributed by atoms with Gasteiger partial charge in [-0.2, -0.15) is 5.26 Å². The molecule has 0 aliphatic carbocycles. The molecule has 0 aromatic heterocycles. The Bertz CT molecular complexity index is 784. The molecule has 1 N–H and O–H groups in total. The molecule has 0 atom stereocenters. The lowest BCUT2D eigenvalue weighted by Gasteiger charge is -2.36. The van der Waals surface area contributed by atoms with Crippen LogP contribution >= 0.6 is 0 Å². The minimum Gasteiger partial charge on any atom is -0.369 e. The third-order valence-corrected chi connectivity index (χ3v) is 5.58. The molecule has 2 aliphatic heterocycles. The van der Waals surface area contributed by atoms with Gasteiger partial charge in [-0.05, 0) is 35.9 Å². The maximum atomic E-state index is 9.54. The van der Waals surface area contributed by atoms with E-state index >= 15 is 0 Å². The number of rotatable bonds is 4. The summed E-state index contributed by atoms with van der Waals surface area (Å²) in [6.45, 7) is 9.07. The summed E-state index contributed by atoms with van der Waals surface area (Å²) in [6, 6.07) is 19.3. The highest BCUT2D eigenvalue weighted by atomic mass is 15.3. The van der Waals surface area contributed by atoms with E-state index < -0.39 is 0 Å². The molecule has 4 rings (SSSR count). The van der Waals surface area contributed by atoms with E-state index in [0.717, 1.165) is 70.0 Å². The average Bonchev–Trinajstić information content (AvgIpc) is 2.75. The van der Waals surface area contributed by atoms with Crippen molar-refractivity contribution < 1.29 is 0 Å². The largest absolute Gasteiger partial charge is 0.369 e. The number of nitrogens with one attached hydrogen (secondary N) is 1. The average molecular weight is 361 g/mol. The van der Waals surface area contributed by atoms with Crippen molar-refractivity contribution in [1.29, 1.82) is 5.26 Å². The summed E-state index contributed by atoms with van der Waals surface area (Å²) in [4.78, 5) is 7.32. The summed E-state index contributed by atoms with van der Waals surface area (Å²) in [5.74, 6) is 0. The van der Waals surface area contributed by atoms with Crippen LogP contribution in [0, 0.1) is 11.3 Å². The van der Waals surface area contributed by atoms with E-state index in [1.807, 2.05) is 6.07 Å². The van der Waals surface area contributed by atoms with Crippen molar-refractivity contribution in [2.24, 2.45) is 0 Å². The summed E-state index contributed by atoms with van der Waals surface area (Å²) in [5, 5.41) is 12.9. The minimum atomic E-state index is 0.805. The molecule has 0 radical (unpaired) electrons. The van der Waals surface area contributed by atoms with E-state index in [9.17, 15) is 5.26 Å². The van der Waals surface area contributed by atoms with Crippen LogP contribution in [0.15, 0.2) is 48.5 Å². The maximum absolute atomic E-state index is 9.54. The van der Waals surface area contributed by atoms with Crippen molar-refractivity contribution in [3.05, 3.63) is 59.7 Å². The molecular weight excluding hydrogens is 334 g/mol. The van der Waals surface area contributed by atoms with Crippen LogP contribution in [0.2, 0.25) is 0 Å². The molecule has 0 saturated carbocycles. The first-order valence-electron chi connectivity index (χ1n) is 9.84. The fourth-order valence-corrected chi connectivity index (χ4v) is 3.98. The number of nitrogens with zero attached hydrogens (tertiary/aromatic N) is 4. The Labute approximate surface area is 161 Å². The quantitative estimate of drug-likeness (QED) is 0.905. The van der Waals surface area contributed by atoms with E-state index in [-0.39, 0.29) is 0 Å². The molecular formula is C22H27N5. The predicted octanol–water partition coefficient (Wildman–Crippen LogP) is 2.29. The molecule has 2 fully saturated rings. The molecule has 0 unspecified atom stereocenters. The lowest BCUT2D eigenvalue weighted by molar-refractivity contribution is 0.249. The Morgan fingerprint density at radius 3 is 2.22 bits per heavy atom. The van der Waals surface area contributed by atoms with E-state index in [2.05, 4.69) is 68.6 Å². The third kappa shape index (κ3) is 4.24. The van der Waals surface area contributed by atoms with Crippen LogP contribution in [-0.4, -0.2) is 57.3 Å². The summed E-state index contributed by atoms with van der Waals surface area (Å²) in [6.07, 6.45) is 0.